The van der Waals surface area contributed by atoms with Gasteiger partial charge in [-0.25, -0.2) is 13.2 Å². The first-order valence-electron chi connectivity index (χ1n) is 7.54. The van der Waals surface area contributed by atoms with Crippen LogP contribution < -0.4 is 4.89 Å². The Bertz CT molecular complexity index is 971. The van der Waals surface area contributed by atoms with Gasteiger partial charge in [0.1, 0.15) is 0 Å². The molecule has 27 heavy (non-hydrogen) atoms. The van der Waals surface area contributed by atoms with Crippen LogP contribution in [0.25, 0.3) is 11.1 Å². The lowest BCUT2D eigenvalue weighted by atomic mass is 10.0. The Kier molecular flexibility index (Phi) is 6.06. The van der Waals surface area contributed by atoms with Crippen molar-refractivity contribution in [1.82, 2.24) is 0 Å². The summed E-state index contributed by atoms with van der Waals surface area (Å²) >= 11 is 5.90. The van der Waals surface area contributed by atoms with Crippen LogP contribution in [0, 0.1) is 0 Å². The molecule has 0 bridgehead atoms. The minimum Gasteiger partial charge on any atom is -0.286 e. The fourth-order valence-electron chi connectivity index (χ4n) is 2.25. The molecule has 146 valence electrons. The molecule has 5 nitrogen and oxygen atoms in total. The molecule has 10 heteroatoms. The van der Waals surface area contributed by atoms with E-state index >= 15 is 0 Å². The van der Waals surface area contributed by atoms with E-state index in [1.807, 2.05) is 0 Å². The van der Waals surface area contributed by atoms with E-state index in [0.717, 1.165) is 13.0 Å². The highest BCUT2D eigenvalue weighted by Gasteiger charge is 2.37. The van der Waals surface area contributed by atoms with Gasteiger partial charge in [-0.3, -0.25) is 9.78 Å². The lowest BCUT2D eigenvalue weighted by Gasteiger charge is -2.16. The van der Waals surface area contributed by atoms with Gasteiger partial charge in [0.05, 0.1) is 16.2 Å². The molecular weight excluding hydrogens is 409 g/mol. The van der Waals surface area contributed by atoms with Crippen molar-refractivity contribution in [1.29, 1.82) is 0 Å². The molecule has 2 aromatic carbocycles. The minimum absolute atomic E-state index is 0.0120. The van der Waals surface area contributed by atoms with E-state index in [1.165, 1.54) is 31.2 Å². The Morgan fingerprint density at radius 1 is 1.15 bits per heavy atom. The summed E-state index contributed by atoms with van der Waals surface area (Å²) in [6, 6.07) is 6.78. The molecule has 0 radical (unpaired) electrons. The van der Waals surface area contributed by atoms with Gasteiger partial charge >= 0.3 is 12.1 Å². The molecule has 0 unspecified atom stereocenters. The number of hydrogen-bond acceptors (Lipinski definition) is 5. The molecule has 0 atom stereocenters. The van der Waals surface area contributed by atoms with E-state index in [9.17, 15) is 26.4 Å². The van der Waals surface area contributed by atoms with Gasteiger partial charge in [-0.2, -0.15) is 13.2 Å². The van der Waals surface area contributed by atoms with Crippen molar-refractivity contribution >= 4 is 27.4 Å². The maximum Gasteiger partial charge on any atom is 0.417 e. The molecule has 0 aromatic heterocycles. The average Bonchev–Trinajstić information content (AvgIpc) is 2.59. The number of carbonyl (C=O) groups is 1. The van der Waals surface area contributed by atoms with Crippen molar-refractivity contribution in [2.24, 2.45) is 0 Å². The van der Waals surface area contributed by atoms with Gasteiger partial charge in [-0.1, -0.05) is 24.6 Å². The molecule has 0 aliphatic heterocycles. The molecule has 2 rings (SSSR count). The second kappa shape index (κ2) is 7.77. The highest BCUT2D eigenvalue weighted by atomic mass is 35.5. The summed E-state index contributed by atoms with van der Waals surface area (Å²) in [5.74, 6) is -1.31. The van der Waals surface area contributed by atoms with Crippen molar-refractivity contribution < 1.29 is 36.2 Å². The van der Waals surface area contributed by atoms with Gasteiger partial charge in [0.15, 0.2) is 15.6 Å². The highest BCUT2D eigenvalue weighted by molar-refractivity contribution is 7.91. The molecule has 0 saturated heterocycles. The third-order valence-electron chi connectivity index (χ3n) is 3.50. The van der Waals surface area contributed by atoms with Crippen LogP contribution in [0.15, 0.2) is 41.3 Å². The van der Waals surface area contributed by atoms with Gasteiger partial charge < -0.3 is 0 Å². The number of benzene rings is 2. The number of rotatable bonds is 5. The Labute approximate surface area is 158 Å². The molecule has 0 fully saturated rings. The lowest BCUT2D eigenvalue weighted by molar-refractivity contribution is -0.210. The van der Waals surface area contributed by atoms with E-state index in [4.69, 9.17) is 16.5 Å². The van der Waals surface area contributed by atoms with Crippen LogP contribution in [0.3, 0.4) is 0 Å². The fourth-order valence-corrected chi connectivity index (χ4v) is 3.52. The molecule has 0 aliphatic carbocycles. The van der Waals surface area contributed by atoms with Crippen LogP contribution in [-0.2, 0) is 25.7 Å². The predicted octanol–water partition coefficient (Wildman–Crippen LogP) is 4.68. The molecule has 0 amide bonds. The van der Waals surface area contributed by atoms with Crippen molar-refractivity contribution in [3.63, 3.8) is 0 Å². The van der Waals surface area contributed by atoms with E-state index in [-0.39, 0.29) is 21.9 Å². The Morgan fingerprint density at radius 3 is 2.37 bits per heavy atom. The first kappa shape index (κ1) is 21.0. The topological polar surface area (TPSA) is 69.7 Å². The van der Waals surface area contributed by atoms with Gasteiger partial charge in [-0.15, -0.1) is 0 Å². The van der Waals surface area contributed by atoms with Crippen LogP contribution in [0.1, 0.15) is 19.4 Å². The average molecular weight is 423 g/mol. The Hall–Kier alpha value is -2.26. The first-order chi connectivity index (χ1) is 12.5. The lowest BCUT2D eigenvalue weighted by Crippen LogP contribution is -2.14. The van der Waals surface area contributed by atoms with Gasteiger partial charge in [0.25, 0.3) is 0 Å². The quantitative estimate of drug-likeness (QED) is 0.517. The molecule has 2 aromatic rings. The summed E-state index contributed by atoms with van der Waals surface area (Å²) in [5.41, 5.74) is -1.23. The van der Waals surface area contributed by atoms with Gasteiger partial charge in [0, 0.05) is 17.5 Å². The molecule has 0 aliphatic rings. The molecule has 0 N–H and O–H groups in total. The summed E-state index contributed by atoms with van der Waals surface area (Å²) in [6.07, 6.45) is -4.90. The van der Waals surface area contributed by atoms with Crippen LogP contribution in [0.5, 0.6) is 5.75 Å². The van der Waals surface area contributed by atoms with Crippen molar-refractivity contribution in [2.45, 2.75) is 24.9 Å². The monoisotopic (exact) mass is 422 g/mol. The zero-order chi connectivity index (χ0) is 20.4. The number of carbonyl (C=O) groups excluding carboxylic acids is 1. The third kappa shape index (κ3) is 4.92. The minimum atomic E-state index is -4.90. The molecule has 0 saturated carbocycles. The molecular formula is C17H14ClF3O5S. The largest absolute Gasteiger partial charge is 0.417 e. The number of halogens is 4. The smallest absolute Gasteiger partial charge is 0.286 e. The Morgan fingerprint density at radius 2 is 1.81 bits per heavy atom. The number of hydrogen-bond donors (Lipinski definition) is 0. The maximum absolute atomic E-state index is 13.5. The molecule has 0 spiro atoms. The van der Waals surface area contributed by atoms with Gasteiger partial charge in [-0.05, 0) is 35.9 Å². The predicted molar refractivity (Wildman–Crippen MR) is 92.0 cm³/mol. The van der Waals surface area contributed by atoms with E-state index in [2.05, 4.69) is 4.89 Å². The van der Waals surface area contributed by atoms with Crippen LogP contribution in [-0.4, -0.2) is 20.1 Å². The second-order valence-electron chi connectivity index (χ2n) is 5.41. The van der Waals surface area contributed by atoms with Crippen molar-refractivity contribution in [3.8, 4) is 16.9 Å². The zero-order valence-corrected chi connectivity index (χ0v) is 15.7. The van der Waals surface area contributed by atoms with Crippen molar-refractivity contribution in [3.05, 3.63) is 47.0 Å². The van der Waals surface area contributed by atoms with E-state index in [0.29, 0.717) is 6.07 Å². The first-order valence-corrected chi connectivity index (χ1v) is 9.57. The van der Waals surface area contributed by atoms with Crippen molar-refractivity contribution in [2.75, 3.05) is 5.75 Å². The second-order valence-corrected chi connectivity index (χ2v) is 8.09. The molecule has 0 heterocycles. The maximum atomic E-state index is 13.5. The Balaban J connectivity index is 2.67. The summed E-state index contributed by atoms with van der Waals surface area (Å²) in [5, 5.41) is 0.194. The SMILES string of the molecule is CCS(=O)(=O)c1ccc(-c2cc(Cl)ccc2OOC(C)=O)cc1C(F)(F)F. The standard InChI is InChI=1S/C17H14ClF3O5S/c1-3-27(23,24)16-7-4-11(8-14(16)17(19,20)21)13-9-12(18)5-6-15(13)26-25-10(2)22/h4-9H,3H2,1-2H3. The number of alkyl halides is 3. The summed E-state index contributed by atoms with van der Waals surface area (Å²) in [6.45, 7) is 2.34. The third-order valence-corrected chi connectivity index (χ3v) is 5.52. The van der Waals surface area contributed by atoms with E-state index < -0.39 is 38.2 Å². The zero-order valence-electron chi connectivity index (χ0n) is 14.1. The van der Waals surface area contributed by atoms with Crippen LogP contribution in [0.4, 0.5) is 13.2 Å². The van der Waals surface area contributed by atoms with Gasteiger partial charge in [0.2, 0.25) is 0 Å². The summed E-state index contributed by atoms with van der Waals surface area (Å²) < 4.78 is 64.4. The van der Waals surface area contributed by atoms with E-state index in [1.54, 1.807) is 0 Å². The summed E-state index contributed by atoms with van der Waals surface area (Å²) in [7, 11) is -4.10. The number of sulfone groups is 1. The van der Waals surface area contributed by atoms with Crippen LogP contribution in [0.2, 0.25) is 5.02 Å². The fraction of sp³-hybridized carbons (Fsp3) is 0.235. The van der Waals surface area contributed by atoms with Crippen LogP contribution >= 0.6 is 11.6 Å². The normalized spacial score (nSPS) is 11.9. The highest BCUT2D eigenvalue weighted by Crippen LogP contribution is 2.40. The summed E-state index contributed by atoms with van der Waals surface area (Å²) in [4.78, 5) is 19.4.